The van der Waals surface area contributed by atoms with Gasteiger partial charge in [0, 0.05) is 0 Å². The first-order chi connectivity index (χ1) is 7.66. The quantitative estimate of drug-likeness (QED) is 0.708. The second kappa shape index (κ2) is 3.25. The van der Waals surface area contributed by atoms with Crippen molar-refractivity contribution in [3.8, 4) is 0 Å². The molecule has 2 fully saturated rings. The third-order valence-corrected chi connectivity index (χ3v) is 3.15. The second-order valence-corrected chi connectivity index (χ2v) is 4.43. The van der Waals surface area contributed by atoms with E-state index in [2.05, 4.69) is 9.97 Å². The van der Waals surface area contributed by atoms with Crippen molar-refractivity contribution in [2.45, 2.75) is 13.0 Å². The standard InChI is InChI=1S/C10H8ClN3O2/c11-8-3-12-5(2-13-8)4-14-9(15)6-1-7(6)10(14)16/h2-3,6-7H,1,4H2. The Balaban J connectivity index is 1.78. The van der Waals surface area contributed by atoms with Gasteiger partial charge in [-0.25, -0.2) is 4.98 Å². The van der Waals surface area contributed by atoms with Crippen molar-refractivity contribution in [1.29, 1.82) is 0 Å². The Kier molecular flexibility index (Phi) is 1.97. The largest absolute Gasteiger partial charge is 0.276 e. The molecular formula is C10H8ClN3O2. The third kappa shape index (κ3) is 1.39. The van der Waals surface area contributed by atoms with Crippen LogP contribution >= 0.6 is 11.6 Å². The Morgan fingerprint density at radius 1 is 1.25 bits per heavy atom. The number of piperidine rings is 1. The fraction of sp³-hybridized carbons (Fsp3) is 0.400. The lowest BCUT2D eigenvalue weighted by molar-refractivity contribution is -0.142. The minimum atomic E-state index is -0.0771. The summed E-state index contributed by atoms with van der Waals surface area (Å²) in [5.74, 6) is -0.279. The van der Waals surface area contributed by atoms with Crippen molar-refractivity contribution in [2.24, 2.45) is 11.8 Å². The fourth-order valence-corrected chi connectivity index (χ4v) is 2.09. The molecule has 82 valence electrons. The van der Waals surface area contributed by atoms with E-state index in [1.54, 1.807) is 0 Å². The maximum absolute atomic E-state index is 11.7. The van der Waals surface area contributed by atoms with Gasteiger partial charge in [0.05, 0.1) is 36.5 Å². The van der Waals surface area contributed by atoms with Gasteiger partial charge in [0.1, 0.15) is 5.15 Å². The number of imide groups is 1. The average Bonchev–Trinajstić information content (AvgIpc) is 3.02. The summed E-state index contributed by atoms with van der Waals surface area (Å²) >= 11 is 5.59. The van der Waals surface area contributed by atoms with E-state index in [1.165, 1.54) is 17.3 Å². The zero-order valence-corrected chi connectivity index (χ0v) is 9.02. The number of hydrogen-bond donors (Lipinski definition) is 0. The van der Waals surface area contributed by atoms with Gasteiger partial charge in [-0.15, -0.1) is 0 Å². The Hall–Kier alpha value is -1.49. The number of carbonyl (C=O) groups is 2. The van der Waals surface area contributed by atoms with Crippen molar-refractivity contribution in [2.75, 3.05) is 0 Å². The molecule has 1 aliphatic heterocycles. The zero-order valence-electron chi connectivity index (χ0n) is 8.26. The van der Waals surface area contributed by atoms with Gasteiger partial charge in [0.2, 0.25) is 11.8 Å². The molecular weight excluding hydrogens is 230 g/mol. The van der Waals surface area contributed by atoms with Crippen LogP contribution in [0.4, 0.5) is 0 Å². The highest BCUT2D eigenvalue weighted by Crippen LogP contribution is 2.47. The molecule has 2 unspecified atom stereocenters. The first kappa shape index (κ1) is 9.72. The number of aromatic nitrogens is 2. The number of hydrogen-bond acceptors (Lipinski definition) is 4. The molecule has 0 bridgehead atoms. The Morgan fingerprint density at radius 3 is 2.50 bits per heavy atom. The van der Waals surface area contributed by atoms with Gasteiger partial charge in [0.15, 0.2) is 0 Å². The number of fused-ring (bicyclic) bond motifs is 1. The van der Waals surface area contributed by atoms with Gasteiger partial charge < -0.3 is 0 Å². The summed E-state index contributed by atoms with van der Waals surface area (Å²) in [5, 5.41) is 0.297. The number of rotatable bonds is 2. The summed E-state index contributed by atoms with van der Waals surface area (Å²) in [6, 6.07) is 0. The molecule has 0 radical (unpaired) electrons. The zero-order chi connectivity index (χ0) is 11.3. The van der Waals surface area contributed by atoms with Crippen LogP contribution in [0.15, 0.2) is 12.4 Å². The summed E-state index contributed by atoms with van der Waals surface area (Å²) in [4.78, 5) is 32.4. The molecule has 5 nitrogen and oxygen atoms in total. The van der Waals surface area contributed by atoms with Crippen molar-refractivity contribution in [3.05, 3.63) is 23.2 Å². The van der Waals surface area contributed by atoms with Crippen LogP contribution in [0, 0.1) is 11.8 Å². The first-order valence-corrected chi connectivity index (χ1v) is 5.36. The Morgan fingerprint density at radius 2 is 1.94 bits per heavy atom. The highest BCUT2D eigenvalue weighted by molar-refractivity contribution is 6.29. The van der Waals surface area contributed by atoms with Crippen LogP contribution in [0.5, 0.6) is 0 Å². The molecule has 0 spiro atoms. The van der Waals surface area contributed by atoms with Crippen molar-refractivity contribution < 1.29 is 9.59 Å². The Bertz CT molecular complexity index is 453. The van der Waals surface area contributed by atoms with Crippen LogP contribution < -0.4 is 0 Å². The molecule has 2 atom stereocenters. The summed E-state index contributed by atoms with van der Waals surface area (Å²) in [6.07, 6.45) is 3.61. The van der Waals surface area contributed by atoms with Crippen LogP contribution in [-0.4, -0.2) is 26.7 Å². The third-order valence-electron chi connectivity index (χ3n) is 2.95. The normalized spacial score (nSPS) is 27.2. The first-order valence-electron chi connectivity index (χ1n) is 4.98. The van der Waals surface area contributed by atoms with Crippen LogP contribution in [0.3, 0.4) is 0 Å². The smallest absolute Gasteiger partial charge is 0.233 e. The molecule has 16 heavy (non-hydrogen) atoms. The van der Waals surface area contributed by atoms with Gasteiger partial charge in [0.25, 0.3) is 0 Å². The van der Waals surface area contributed by atoms with Gasteiger partial charge in [-0.05, 0) is 6.42 Å². The minimum Gasteiger partial charge on any atom is -0.276 e. The number of carbonyl (C=O) groups excluding carboxylic acids is 2. The number of amides is 2. The lowest BCUT2D eigenvalue weighted by atomic mass is 10.3. The van der Waals surface area contributed by atoms with E-state index in [1.807, 2.05) is 0 Å². The van der Waals surface area contributed by atoms with Crippen molar-refractivity contribution in [3.63, 3.8) is 0 Å². The molecule has 0 aromatic carbocycles. The van der Waals surface area contributed by atoms with Gasteiger partial charge in [-0.1, -0.05) is 11.6 Å². The predicted octanol–water partition coefficient (Wildman–Crippen LogP) is 0.635. The maximum Gasteiger partial charge on any atom is 0.233 e. The number of nitrogens with zero attached hydrogens (tertiary/aromatic N) is 3. The molecule has 1 aromatic rings. The highest BCUT2D eigenvalue weighted by Gasteiger charge is 2.58. The molecule has 2 heterocycles. The van der Waals surface area contributed by atoms with E-state index in [0.717, 1.165) is 6.42 Å². The molecule has 1 aromatic heterocycles. The van der Waals surface area contributed by atoms with E-state index < -0.39 is 0 Å². The van der Waals surface area contributed by atoms with E-state index in [-0.39, 0.29) is 30.2 Å². The van der Waals surface area contributed by atoms with Crippen LogP contribution in [0.2, 0.25) is 5.15 Å². The maximum atomic E-state index is 11.7. The van der Waals surface area contributed by atoms with E-state index in [9.17, 15) is 9.59 Å². The summed E-state index contributed by atoms with van der Waals surface area (Å²) in [5.41, 5.74) is 0.576. The molecule has 1 saturated heterocycles. The van der Waals surface area contributed by atoms with E-state index in [4.69, 9.17) is 11.6 Å². The van der Waals surface area contributed by atoms with Gasteiger partial charge >= 0.3 is 0 Å². The monoisotopic (exact) mass is 237 g/mol. The SMILES string of the molecule is O=C1C2CC2C(=O)N1Cc1cnc(Cl)cn1. The molecule has 6 heteroatoms. The molecule has 0 N–H and O–H groups in total. The summed E-state index contributed by atoms with van der Waals surface area (Å²) in [7, 11) is 0. The highest BCUT2D eigenvalue weighted by atomic mass is 35.5. The van der Waals surface area contributed by atoms with E-state index in [0.29, 0.717) is 10.8 Å². The summed E-state index contributed by atoms with van der Waals surface area (Å²) < 4.78 is 0. The number of halogens is 1. The van der Waals surface area contributed by atoms with Crippen molar-refractivity contribution in [1.82, 2.24) is 14.9 Å². The lowest BCUT2D eigenvalue weighted by Crippen LogP contribution is -2.32. The molecule has 1 aliphatic carbocycles. The van der Waals surface area contributed by atoms with Crippen LogP contribution in [0.25, 0.3) is 0 Å². The second-order valence-electron chi connectivity index (χ2n) is 4.04. The Labute approximate surface area is 96.4 Å². The van der Waals surface area contributed by atoms with E-state index >= 15 is 0 Å². The molecule has 2 aliphatic rings. The lowest BCUT2D eigenvalue weighted by Gasteiger charge is -2.15. The topological polar surface area (TPSA) is 63.2 Å². The average molecular weight is 238 g/mol. The van der Waals surface area contributed by atoms with Gasteiger partial charge in [-0.3, -0.25) is 19.5 Å². The van der Waals surface area contributed by atoms with Crippen molar-refractivity contribution >= 4 is 23.4 Å². The van der Waals surface area contributed by atoms with Crippen LogP contribution in [0.1, 0.15) is 12.1 Å². The van der Waals surface area contributed by atoms with Crippen LogP contribution in [-0.2, 0) is 16.1 Å². The molecule has 1 saturated carbocycles. The molecule has 3 rings (SSSR count). The minimum absolute atomic E-state index is 0.0623. The summed E-state index contributed by atoms with van der Waals surface area (Å²) in [6.45, 7) is 0.203. The van der Waals surface area contributed by atoms with Gasteiger partial charge in [-0.2, -0.15) is 0 Å². The fourth-order valence-electron chi connectivity index (χ4n) is 1.99. The molecule has 2 amide bonds. The number of likely N-dealkylation sites (tertiary alicyclic amines) is 1. The predicted molar refractivity (Wildman–Crippen MR) is 54.2 cm³/mol.